The van der Waals surface area contributed by atoms with Crippen LogP contribution in [0.4, 0.5) is 5.69 Å². The molecule has 26 heavy (non-hydrogen) atoms. The maximum Gasteiger partial charge on any atom is 0.148 e. The fraction of sp³-hybridized carbons (Fsp3) is 0.143. The van der Waals surface area contributed by atoms with Crippen molar-refractivity contribution in [3.05, 3.63) is 91.3 Å². The van der Waals surface area contributed by atoms with Crippen molar-refractivity contribution in [1.82, 2.24) is 0 Å². The highest BCUT2D eigenvalue weighted by atomic mass is 79.9. The fourth-order valence-corrected chi connectivity index (χ4v) is 4.18. The minimum absolute atomic E-state index is 0.525. The van der Waals surface area contributed by atoms with Crippen LogP contribution in [0.2, 0.25) is 5.02 Å². The topological polar surface area (TPSA) is 21.3 Å². The molecule has 0 amide bonds. The summed E-state index contributed by atoms with van der Waals surface area (Å²) < 4.78 is 7.80. The van der Waals surface area contributed by atoms with E-state index >= 15 is 0 Å². The van der Waals surface area contributed by atoms with Gasteiger partial charge in [0.2, 0.25) is 0 Å². The van der Waals surface area contributed by atoms with Gasteiger partial charge in [0.05, 0.1) is 8.95 Å². The van der Waals surface area contributed by atoms with Crippen molar-refractivity contribution in [2.24, 2.45) is 0 Å². The SMILES string of the molecule is Cc1ccc(NCc2cc(Br)c(OCc3ccccc3)c(Br)c2)cc1Cl. The molecule has 0 aliphatic heterocycles. The molecule has 0 spiro atoms. The zero-order valence-corrected chi connectivity index (χ0v) is 18.2. The average molecular weight is 496 g/mol. The molecular formula is C21H18Br2ClNO. The molecule has 3 aromatic rings. The second kappa shape index (κ2) is 8.94. The van der Waals surface area contributed by atoms with E-state index in [1.54, 1.807) is 0 Å². The Kier molecular flexibility index (Phi) is 6.63. The second-order valence-electron chi connectivity index (χ2n) is 5.98. The highest BCUT2D eigenvalue weighted by molar-refractivity contribution is 9.11. The molecule has 3 rings (SSSR count). The summed E-state index contributed by atoms with van der Waals surface area (Å²) in [7, 11) is 0. The molecule has 1 N–H and O–H groups in total. The molecule has 0 aromatic heterocycles. The fourth-order valence-electron chi connectivity index (χ4n) is 2.49. The predicted octanol–water partition coefficient (Wildman–Crippen LogP) is 7.36. The summed E-state index contributed by atoms with van der Waals surface area (Å²) in [5, 5.41) is 4.16. The summed E-state index contributed by atoms with van der Waals surface area (Å²) in [6.07, 6.45) is 0. The Balaban J connectivity index is 1.67. The first-order valence-corrected chi connectivity index (χ1v) is 10.1. The highest BCUT2D eigenvalue weighted by Crippen LogP contribution is 2.35. The number of aryl methyl sites for hydroxylation is 1. The molecule has 0 saturated heterocycles. The van der Waals surface area contributed by atoms with Gasteiger partial charge in [-0.1, -0.05) is 48.0 Å². The molecule has 3 aromatic carbocycles. The molecule has 0 saturated carbocycles. The van der Waals surface area contributed by atoms with Crippen LogP contribution in [0.5, 0.6) is 5.75 Å². The van der Waals surface area contributed by atoms with Gasteiger partial charge in [0, 0.05) is 17.3 Å². The number of ether oxygens (including phenoxy) is 1. The van der Waals surface area contributed by atoms with Crippen LogP contribution in [0.1, 0.15) is 16.7 Å². The number of hydrogen-bond acceptors (Lipinski definition) is 2. The molecule has 0 aliphatic carbocycles. The van der Waals surface area contributed by atoms with E-state index in [1.807, 2.05) is 55.5 Å². The van der Waals surface area contributed by atoms with Crippen LogP contribution in [-0.2, 0) is 13.2 Å². The summed E-state index contributed by atoms with van der Waals surface area (Å²) in [4.78, 5) is 0. The van der Waals surface area contributed by atoms with E-state index in [0.717, 1.165) is 42.1 Å². The van der Waals surface area contributed by atoms with E-state index in [9.17, 15) is 0 Å². The Morgan fingerprint density at radius 1 is 0.923 bits per heavy atom. The quantitative estimate of drug-likeness (QED) is 0.386. The largest absolute Gasteiger partial charge is 0.487 e. The van der Waals surface area contributed by atoms with Gasteiger partial charge in [-0.3, -0.25) is 0 Å². The summed E-state index contributed by atoms with van der Waals surface area (Å²) >= 11 is 13.4. The maximum atomic E-state index is 6.18. The van der Waals surface area contributed by atoms with Crippen molar-refractivity contribution in [3.63, 3.8) is 0 Å². The molecule has 0 fully saturated rings. The lowest BCUT2D eigenvalue weighted by atomic mass is 10.2. The van der Waals surface area contributed by atoms with Crippen molar-refractivity contribution in [2.75, 3.05) is 5.32 Å². The van der Waals surface area contributed by atoms with Gasteiger partial charge in [-0.25, -0.2) is 0 Å². The Labute approximate surface area is 175 Å². The van der Waals surface area contributed by atoms with Gasteiger partial charge in [0.25, 0.3) is 0 Å². The first-order valence-electron chi connectivity index (χ1n) is 8.17. The lowest BCUT2D eigenvalue weighted by Crippen LogP contribution is -2.01. The molecule has 5 heteroatoms. The molecule has 0 radical (unpaired) electrons. The average Bonchev–Trinajstić information content (AvgIpc) is 2.63. The van der Waals surface area contributed by atoms with Crippen LogP contribution in [0, 0.1) is 6.92 Å². The predicted molar refractivity (Wildman–Crippen MR) is 116 cm³/mol. The van der Waals surface area contributed by atoms with Crippen molar-refractivity contribution >= 4 is 49.1 Å². The van der Waals surface area contributed by atoms with Gasteiger partial charge in [-0.05, 0) is 79.7 Å². The number of hydrogen-bond donors (Lipinski definition) is 1. The van der Waals surface area contributed by atoms with E-state index in [2.05, 4.69) is 49.3 Å². The van der Waals surface area contributed by atoms with Crippen LogP contribution in [0.3, 0.4) is 0 Å². The first-order chi connectivity index (χ1) is 12.5. The lowest BCUT2D eigenvalue weighted by molar-refractivity contribution is 0.302. The van der Waals surface area contributed by atoms with E-state index in [0.29, 0.717) is 13.2 Å². The maximum absolute atomic E-state index is 6.18. The highest BCUT2D eigenvalue weighted by Gasteiger charge is 2.10. The molecular weight excluding hydrogens is 477 g/mol. The second-order valence-corrected chi connectivity index (χ2v) is 8.10. The summed E-state index contributed by atoms with van der Waals surface area (Å²) in [6.45, 7) is 3.21. The van der Waals surface area contributed by atoms with E-state index in [-0.39, 0.29) is 0 Å². The Hall–Kier alpha value is -1.49. The van der Waals surface area contributed by atoms with Crippen LogP contribution in [0.15, 0.2) is 69.6 Å². The van der Waals surface area contributed by atoms with Gasteiger partial charge in [-0.2, -0.15) is 0 Å². The van der Waals surface area contributed by atoms with Crippen LogP contribution in [0.25, 0.3) is 0 Å². The minimum Gasteiger partial charge on any atom is -0.487 e. The van der Waals surface area contributed by atoms with E-state index < -0.39 is 0 Å². The lowest BCUT2D eigenvalue weighted by Gasteiger charge is -2.13. The number of nitrogens with one attached hydrogen (secondary N) is 1. The molecule has 0 aliphatic rings. The van der Waals surface area contributed by atoms with Crippen LogP contribution >= 0.6 is 43.5 Å². The zero-order valence-electron chi connectivity index (χ0n) is 14.2. The Bertz CT molecular complexity index is 877. The van der Waals surface area contributed by atoms with Crippen LogP contribution < -0.4 is 10.1 Å². The third-order valence-electron chi connectivity index (χ3n) is 3.95. The van der Waals surface area contributed by atoms with Crippen LogP contribution in [-0.4, -0.2) is 0 Å². The normalized spacial score (nSPS) is 10.6. The molecule has 0 heterocycles. The third-order valence-corrected chi connectivity index (χ3v) is 5.54. The monoisotopic (exact) mass is 493 g/mol. The van der Waals surface area contributed by atoms with Gasteiger partial charge in [0.1, 0.15) is 12.4 Å². The van der Waals surface area contributed by atoms with Gasteiger partial charge >= 0.3 is 0 Å². The zero-order chi connectivity index (χ0) is 18.5. The molecule has 2 nitrogen and oxygen atoms in total. The third kappa shape index (κ3) is 5.03. The molecule has 0 atom stereocenters. The van der Waals surface area contributed by atoms with E-state index in [4.69, 9.17) is 16.3 Å². The van der Waals surface area contributed by atoms with Gasteiger partial charge in [-0.15, -0.1) is 0 Å². The summed E-state index contributed by atoms with van der Waals surface area (Å²) in [6, 6.07) is 20.2. The van der Waals surface area contributed by atoms with Crippen molar-refractivity contribution in [2.45, 2.75) is 20.1 Å². The molecule has 0 unspecified atom stereocenters. The number of rotatable bonds is 6. The van der Waals surface area contributed by atoms with Gasteiger partial charge in [0.15, 0.2) is 0 Å². The molecule has 0 bridgehead atoms. The van der Waals surface area contributed by atoms with Gasteiger partial charge < -0.3 is 10.1 Å². The molecule has 134 valence electrons. The van der Waals surface area contributed by atoms with E-state index in [1.165, 1.54) is 0 Å². The number of anilines is 1. The summed E-state index contributed by atoms with van der Waals surface area (Å²) in [5.74, 6) is 0.802. The standard InChI is InChI=1S/C21H18Br2ClNO/c1-14-7-8-17(11-20(14)24)25-12-16-9-18(22)21(19(23)10-16)26-13-15-5-3-2-4-6-15/h2-11,25H,12-13H2,1H3. The van der Waals surface area contributed by atoms with Crippen molar-refractivity contribution in [1.29, 1.82) is 0 Å². The van der Waals surface area contributed by atoms with Crippen molar-refractivity contribution in [3.8, 4) is 5.75 Å². The minimum atomic E-state index is 0.525. The summed E-state index contributed by atoms with van der Waals surface area (Å²) in [5.41, 5.74) is 4.33. The number of halogens is 3. The first kappa shape index (κ1) is 19.3. The Morgan fingerprint density at radius 2 is 1.62 bits per heavy atom. The van der Waals surface area contributed by atoms with Crippen molar-refractivity contribution < 1.29 is 4.74 Å². The number of benzene rings is 3. The smallest absolute Gasteiger partial charge is 0.148 e. The Morgan fingerprint density at radius 3 is 2.27 bits per heavy atom.